The second-order valence-electron chi connectivity index (χ2n) is 7.99. The molecule has 2 heterocycles. The molecule has 1 aliphatic rings. The number of para-hydroxylation sites is 1. The molecule has 36 heavy (non-hydrogen) atoms. The van der Waals surface area contributed by atoms with E-state index in [9.17, 15) is 18.0 Å². The van der Waals surface area contributed by atoms with Crippen molar-refractivity contribution in [1.29, 1.82) is 0 Å². The van der Waals surface area contributed by atoms with E-state index in [0.29, 0.717) is 21.5 Å². The summed E-state index contributed by atoms with van der Waals surface area (Å²) in [4.78, 5) is 14.7. The van der Waals surface area contributed by atoms with Crippen LogP contribution in [0, 0.1) is 0 Å². The largest absolute Gasteiger partial charge is 0.416 e. The van der Waals surface area contributed by atoms with Gasteiger partial charge in [-0.05, 0) is 42.5 Å². The van der Waals surface area contributed by atoms with Crippen molar-refractivity contribution in [1.82, 2.24) is 4.57 Å². The lowest BCUT2D eigenvalue weighted by Crippen LogP contribution is -2.27. The summed E-state index contributed by atoms with van der Waals surface area (Å²) in [5, 5.41) is 1.98. The highest BCUT2D eigenvalue weighted by Crippen LogP contribution is 2.39. The maximum absolute atomic E-state index is 13.2. The minimum absolute atomic E-state index is 0.0755. The molecule has 0 bridgehead atoms. The minimum Gasteiger partial charge on any atom is -0.342 e. The lowest BCUT2D eigenvalue weighted by Gasteiger charge is -2.16. The third-order valence-corrected chi connectivity index (χ3v) is 7.73. The Bertz CT molecular complexity index is 1540. The molecule has 0 spiro atoms. The zero-order valence-electron chi connectivity index (χ0n) is 18.2. The Kier molecular flexibility index (Phi) is 6.63. The summed E-state index contributed by atoms with van der Waals surface area (Å²) in [6, 6.07) is 17.6. The van der Waals surface area contributed by atoms with Crippen molar-refractivity contribution in [3.8, 4) is 0 Å². The van der Waals surface area contributed by atoms with Crippen molar-refractivity contribution in [3.63, 3.8) is 0 Å². The Balaban J connectivity index is 1.52. The summed E-state index contributed by atoms with van der Waals surface area (Å²) in [6.07, 6.45) is -0.931. The number of aromatic nitrogens is 1. The molecule has 1 saturated heterocycles. The van der Waals surface area contributed by atoms with Gasteiger partial charge < -0.3 is 4.57 Å². The molecule has 0 N–H and O–H groups in total. The van der Waals surface area contributed by atoms with E-state index in [4.69, 9.17) is 35.4 Å². The number of amides is 1. The summed E-state index contributed by atoms with van der Waals surface area (Å²) >= 11 is 19.2. The molecule has 1 aromatic heterocycles. The number of nitrogens with zero attached hydrogens (tertiary/aromatic N) is 2. The summed E-state index contributed by atoms with van der Waals surface area (Å²) in [6.45, 7) is 0.415. The first-order chi connectivity index (χ1) is 17.1. The fraction of sp³-hybridized carbons (Fsp3) is 0.0769. The van der Waals surface area contributed by atoms with Gasteiger partial charge in [0.1, 0.15) is 0 Å². The third kappa shape index (κ3) is 4.66. The molecule has 182 valence electrons. The molecule has 3 nitrogen and oxygen atoms in total. The Labute approximate surface area is 224 Å². The summed E-state index contributed by atoms with van der Waals surface area (Å²) in [7, 11) is 0. The van der Waals surface area contributed by atoms with Crippen LogP contribution in [0.3, 0.4) is 0 Å². The number of hydrogen-bond acceptors (Lipinski definition) is 3. The van der Waals surface area contributed by atoms with E-state index in [1.165, 1.54) is 12.1 Å². The van der Waals surface area contributed by atoms with Gasteiger partial charge in [-0.3, -0.25) is 9.69 Å². The molecule has 1 fully saturated rings. The number of benzene rings is 3. The Morgan fingerprint density at radius 1 is 0.972 bits per heavy atom. The number of rotatable bonds is 4. The number of carbonyl (C=O) groups is 1. The molecular formula is C26H15Cl2F3N2OS2. The van der Waals surface area contributed by atoms with Gasteiger partial charge in [-0.25, -0.2) is 0 Å². The highest BCUT2D eigenvalue weighted by atomic mass is 35.5. The molecule has 1 amide bonds. The van der Waals surface area contributed by atoms with E-state index in [2.05, 4.69) is 0 Å². The van der Waals surface area contributed by atoms with E-state index < -0.39 is 17.6 Å². The van der Waals surface area contributed by atoms with Gasteiger partial charge in [-0.15, -0.1) is 0 Å². The number of thiocarbonyl (C=S) groups is 1. The van der Waals surface area contributed by atoms with Crippen LogP contribution < -0.4 is 4.90 Å². The molecule has 10 heteroatoms. The van der Waals surface area contributed by atoms with E-state index in [1.807, 2.05) is 35.0 Å². The van der Waals surface area contributed by atoms with Crippen molar-refractivity contribution >= 4 is 80.1 Å². The quantitative estimate of drug-likeness (QED) is 0.184. The number of halogens is 5. The van der Waals surface area contributed by atoms with Crippen molar-refractivity contribution < 1.29 is 18.0 Å². The van der Waals surface area contributed by atoms with Crippen molar-refractivity contribution in [2.24, 2.45) is 0 Å². The average Bonchev–Trinajstić information content (AvgIpc) is 3.32. The predicted octanol–water partition coefficient (Wildman–Crippen LogP) is 8.42. The highest BCUT2D eigenvalue weighted by Gasteiger charge is 2.36. The number of alkyl halides is 3. The van der Waals surface area contributed by atoms with Crippen LogP contribution in [-0.4, -0.2) is 14.8 Å². The van der Waals surface area contributed by atoms with Gasteiger partial charge in [-0.1, -0.05) is 77.5 Å². The zero-order chi connectivity index (χ0) is 25.6. The van der Waals surface area contributed by atoms with Gasteiger partial charge in [-0.2, -0.15) is 13.2 Å². The molecule has 3 aromatic carbocycles. The number of carbonyl (C=O) groups excluding carboxylic acids is 1. The van der Waals surface area contributed by atoms with Crippen LogP contribution in [0.4, 0.5) is 18.9 Å². The molecule has 0 saturated carbocycles. The monoisotopic (exact) mass is 562 g/mol. The molecule has 0 atom stereocenters. The van der Waals surface area contributed by atoms with Gasteiger partial charge in [0.05, 0.1) is 22.7 Å². The molecule has 0 aliphatic carbocycles. The van der Waals surface area contributed by atoms with Crippen LogP contribution >= 0.6 is 47.2 Å². The number of anilines is 1. The maximum Gasteiger partial charge on any atom is 0.416 e. The minimum atomic E-state index is -4.53. The molecule has 1 aliphatic heterocycles. The Morgan fingerprint density at radius 2 is 1.67 bits per heavy atom. The van der Waals surface area contributed by atoms with Gasteiger partial charge in [0.25, 0.3) is 5.91 Å². The van der Waals surface area contributed by atoms with Gasteiger partial charge in [0.2, 0.25) is 0 Å². The fourth-order valence-electron chi connectivity index (χ4n) is 4.03. The van der Waals surface area contributed by atoms with E-state index in [1.54, 1.807) is 24.3 Å². The van der Waals surface area contributed by atoms with Gasteiger partial charge in [0.15, 0.2) is 4.32 Å². The predicted molar refractivity (Wildman–Crippen MR) is 145 cm³/mol. The Hall–Kier alpha value is -2.78. The van der Waals surface area contributed by atoms with Gasteiger partial charge >= 0.3 is 6.18 Å². The second kappa shape index (κ2) is 9.59. The first kappa shape index (κ1) is 24.9. The van der Waals surface area contributed by atoms with Crippen LogP contribution in [-0.2, 0) is 17.5 Å². The molecule has 5 rings (SSSR count). The molecule has 0 unspecified atom stereocenters. The van der Waals surface area contributed by atoms with Crippen molar-refractivity contribution in [2.75, 3.05) is 4.90 Å². The third-order valence-electron chi connectivity index (χ3n) is 5.72. The average molecular weight is 563 g/mol. The lowest BCUT2D eigenvalue weighted by molar-refractivity contribution is -0.137. The van der Waals surface area contributed by atoms with Crippen molar-refractivity contribution in [3.05, 3.63) is 105 Å². The number of thioether (sulfide) groups is 1. The maximum atomic E-state index is 13.2. The normalized spacial score (nSPS) is 15.5. The number of fused-ring (bicyclic) bond motifs is 1. The molecule has 0 radical (unpaired) electrons. The topological polar surface area (TPSA) is 25.2 Å². The summed E-state index contributed by atoms with van der Waals surface area (Å²) < 4.78 is 41.7. The molecular weight excluding hydrogens is 548 g/mol. The lowest BCUT2D eigenvalue weighted by atomic mass is 10.1. The van der Waals surface area contributed by atoms with Crippen LogP contribution in [0.25, 0.3) is 17.0 Å². The summed E-state index contributed by atoms with van der Waals surface area (Å²) in [5.41, 5.74) is 1.67. The zero-order valence-corrected chi connectivity index (χ0v) is 21.4. The standard InChI is InChI=1S/C26H15Cl2F3N2OS2/c27-20-8-4-9-21(28)19(20)14-32-13-15(18-7-1-2-10-22(18)32)11-23-24(34)33(25(35)36-23)17-6-3-5-16(12-17)26(29,30)31/h1-13H,14H2/b23-11+. The van der Waals surface area contributed by atoms with Gasteiger partial charge in [0, 0.05) is 38.3 Å². The van der Waals surface area contributed by atoms with Crippen LogP contribution in [0.2, 0.25) is 10.0 Å². The molecule has 4 aromatic rings. The number of hydrogen-bond donors (Lipinski definition) is 0. The van der Waals surface area contributed by atoms with E-state index >= 15 is 0 Å². The van der Waals surface area contributed by atoms with Crippen LogP contribution in [0.5, 0.6) is 0 Å². The summed E-state index contributed by atoms with van der Waals surface area (Å²) in [5.74, 6) is -0.477. The van der Waals surface area contributed by atoms with Crippen molar-refractivity contribution in [2.45, 2.75) is 12.7 Å². The van der Waals surface area contributed by atoms with Crippen LogP contribution in [0.15, 0.2) is 77.8 Å². The van der Waals surface area contributed by atoms with Crippen LogP contribution in [0.1, 0.15) is 16.7 Å². The van der Waals surface area contributed by atoms with E-state index in [0.717, 1.165) is 50.8 Å². The smallest absolute Gasteiger partial charge is 0.342 e. The Morgan fingerprint density at radius 3 is 2.39 bits per heavy atom. The first-order valence-corrected chi connectivity index (χ1v) is 12.6. The fourth-order valence-corrected chi connectivity index (χ4v) is 5.83. The highest BCUT2D eigenvalue weighted by molar-refractivity contribution is 8.27. The first-order valence-electron chi connectivity index (χ1n) is 10.6. The SMILES string of the molecule is O=C1/C(=C\c2cn(Cc3c(Cl)cccc3Cl)c3ccccc23)SC(=S)N1c1cccc(C(F)(F)F)c1. The second-order valence-corrected chi connectivity index (χ2v) is 10.5. The van der Waals surface area contributed by atoms with E-state index in [-0.39, 0.29) is 10.0 Å².